The number of nitrogens with one attached hydrogen (secondary N) is 1. The molecule has 27 heavy (non-hydrogen) atoms. The van der Waals surface area contributed by atoms with Gasteiger partial charge in [-0.2, -0.15) is 0 Å². The zero-order valence-electron chi connectivity index (χ0n) is 14.9. The highest BCUT2D eigenvalue weighted by molar-refractivity contribution is 5.95. The highest BCUT2D eigenvalue weighted by atomic mass is 16.5. The topological polar surface area (TPSA) is 107 Å². The first-order valence-electron chi connectivity index (χ1n) is 9.26. The lowest BCUT2D eigenvalue weighted by Gasteiger charge is -2.27. The van der Waals surface area contributed by atoms with Gasteiger partial charge in [0, 0.05) is 11.7 Å². The van der Waals surface area contributed by atoms with Crippen LogP contribution in [0.3, 0.4) is 0 Å². The molecule has 4 unspecified atom stereocenters. The molecule has 6 heteroatoms. The first kappa shape index (κ1) is 17.5. The van der Waals surface area contributed by atoms with E-state index < -0.39 is 5.91 Å². The third-order valence-electron chi connectivity index (χ3n) is 5.79. The second-order valence-electron chi connectivity index (χ2n) is 7.41. The molecule has 2 fully saturated rings. The zero-order chi connectivity index (χ0) is 19.0. The number of ether oxygens (including phenoxy) is 1. The van der Waals surface area contributed by atoms with Crippen LogP contribution in [0.15, 0.2) is 48.5 Å². The molecular weight excluding hydrogens is 342 g/mol. The molecule has 2 bridgehead atoms. The molecule has 140 valence electrons. The summed E-state index contributed by atoms with van der Waals surface area (Å²) in [5.74, 6) is 1.22. The van der Waals surface area contributed by atoms with Crippen molar-refractivity contribution in [2.45, 2.75) is 25.3 Å². The number of anilines is 1. The maximum Gasteiger partial charge on any atom is 0.252 e. The number of benzene rings is 2. The van der Waals surface area contributed by atoms with Gasteiger partial charge in [0.15, 0.2) is 0 Å². The fourth-order valence-electron chi connectivity index (χ4n) is 4.44. The van der Waals surface area contributed by atoms with E-state index >= 15 is 0 Å². The predicted molar refractivity (Wildman–Crippen MR) is 102 cm³/mol. The van der Waals surface area contributed by atoms with Gasteiger partial charge in [-0.3, -0.25) is 9.59 Å². The first-order chi connectivity index (χ1) is 13.0. The number of para-hydroxylation sites is 1. The quantitative estimate of drug-likeness (QED) is 0.757. The highest BCUT2D eigenvalue weighted by Crippen LogP contribution is 2.47. The van der Waals surface area contributed by atoms with Gasteiger partial charge in [-0.05, 0) is 67.5 Å². The second kappa shape index (κ2) is 7.04. The summed E-state index contributed by atoms with van der Waals surface area (Å²) in [4.78, 5) is 24.1. The van der Waals surface area contributed by atoms with Crippen LogP contribution in [0.5, 0.6) is 11.5 Å². The monoisotopic (exact) mass is 365 g/mol. The van der Waals surface area contributed by atoms with Crippen molar-refractivity contribution in [2.24, 2.45) is 29.2 Å². The molecule has 0 heterocycles. The van der Waals surface area contributed by atoms with Crippen molar-refractivity contribution >= 4 is 17.5 Å². The van der Waals surface area contributed by atoms with E-state index in [2.05, 4.69) is 5.32 Å². The number of primary amides is 1. The maximum atomic E-state index is 12.6. The Labute approximate surface area is 157 Å². The number of nitrogens with two attached hydrogens (primary N) is 2. The number of fused-ring (bicyclic) bond motifs is 2. The SMILES string of the molecule is NC(=O)c1ccccc1Oc1ccc(NC(=O)C2C3CCC(C3)C2N)cc1. The second-order valence-corrected chi connectivity index (χ2v) is 7.41. The fraction of sp³-hybridized carbons (Fsp3) is 0.333. The lowest BCUT2D eigenvalue weighted by Crippen LogP contribution is -2.42. The van der Waals surface area contributed by atoms with Gasteiger partial charge in [0.1, 0.15) is 11.5 Å². The molecule has 4 rings (SSSR count). The third kappa shape index (κ3) is 3.40. The molecule has 6 nitrogen and oxygen atoms in total. The maximum absolute atomic E-state index is 12.6. The molecule has 2 aromatic rings. The van der Waals surface area contributed by atoms with Crippen LogP contribution < -0.4 is 21.5 Å². The van der Waals surface area contributed by atoms with Gasteiger partial charge in [-0.25, -0.2) is 0 Å². The summed E-state index contributed by atoms with van der Waals surface area (Å²) >= 11 is 0. The summed E-state index contributed by atoms with van der Waals surface area (Å²) in [5, 5.41) is 2.97. The van der Waals surface area contributed by atoms with Crippen LogP contribution in [0.2, 0.25) is 0 Å². The number of rotatable bonds is 5. The Morgan fingerprint density at radius 3 is 2.37 bits per heavy atom. The van der Waals surface area contributed by atoms with Gasteiger partial charge in [0.25, 0.3) is 5.91 Å². The van der Waals surface area contributed by atoms with Crippen molar-refractivity contribution < 1.29 is 14.3 Å². The Balaban J connectivity index is 1.42. The average Bonchev–Trinajstić information content (AvgIpc) is 3.25. The van der Waals surface area contributed by atoms with Gasteiger partial charge in [-0.15, -0.1) is 0 Å². The number of carbonyl (C=O) groups is 2. The molecule has 2 amide bonds. The Hall–Kier alpha value is -2.86. The molecule has 0 spiro atoms. The molecule has 0 saturated heterocycles. The number of amides is 2. The van der Waals surface area contributed by atoms with E-state index in [1.54, 1.807) is 48.5 Å². The molecule has 0 radical (unpaired) electrons. The standard InChI is InChI=1S/C21H23N3O3/c22-19-13-6-5-12(11-13)18(19)21(26)24-14-7-9-15(10-8-14)27-17-4-2-1-3-16(17)20(23)25/h1-4,7-10,12-13,18-19H,5-6,11,22H2,(H2,23,25)(H,24,26). The molecule has 0 aliphatic heterocycles. The van der Waals surface area contributed by atoms with E-state index in [9.17, 15) is 9.59 Å². The van der Waals surface area contributed by atoms with Gasteiger partial charge < -0.3 is 21.5 Å². The minimum Gasteiger partial charge on any atom is -0.457 e. The lowest BCUT2D eigenvalue weighted by molar-refractivity contribution is -0.121. The van der Waals surface area contributed by atoms with Crippen molar-refractivity contribution in [2.75, 3.05) is 5.32 Å². The van der Waals surface area contributed by atoms with Crippen molar-refractivity contribution in [1.29, 1.82) is 0 Å². The Morgan fingerprint density at radius 2 is 1.70 bits per heavy atom. The molecule has 2 aliphatic carbocycles. The van der Waals surface area contributed by atoms with Crippen LogP contribution in [0.1, 0.15) is 29.6 Å². The van der Waals surface area contributed by atoms with E-state index in [0.29, 0.717) is 34.6 Å². The van der Waals surface area contributed by atoms with E-state index in [4.69, 9.17) is 16.2 Å². The third-order valence-corrected chi connectivity index (χ3v) is 5.79. The zero-order valence-corrected chi connectivity index (χ0v) is 14.9. The average molecular weight is 365 g/mol. The van der Waals surface area contributed by atoms with Crippen LogP contribution >= 0.6 is 0 Å². The molecule has 0 aromatic heterocycles. The van der Waals surface area contributed by atoms with Crippen molar-refractivity contribution in [3.05, 3.63) is 54.1 Å². The molecular formula is C21H23N3O3. The number of carbonyl (C=O) groups excluding carboxylic acids is 2. The van der Waals surface area contributed by atoms with Gasteiger partial charge in [0.2, 0.25) is 5.91 Å². The first-order valence-corrected chi connectivity index (χ1v) is 9.26. The summed E-state index contributed by atoms with van der Waals surface area (Å²) < 4.78 is 5.75. The Bertz CT molecular complexity index is 863. The molecule has 2 saturated carbocycles. The Kier molecular flexibility index (Phi) is 4.58. The van der Waals surface area contributed by atoms with E-state index in [1.807, 2.05) is 0 Å². The number of hydrogen-bond acceptors (Lipinski definition) is 4. The summed E-state index contributed by atoms with van der Waals surface area (Å²) in [6.07, 6.45) is 3.32. The minimum atomic E-state index is -0.545. The van der Waals surface area contributed by atoms with Crippen LogP contribution in [0.4, 0.5) is 5.69 Å². The summed E-state index contributed by atoms with van der Waals surface area (Å²) in [6, 6.07) is 13.8. The lowest BCUT2D eigenvalue weighted by atomic mass is 9.84. The van der Waals surface area contributed by atoms with Crippen molar-refractivity contribution in [1.82, 2.24) is 0 Å². The molecule has 4 atom stereocenters. The molecule has 2 aliphatic rings. The van der Waals surface area contributed by atoms with Gasteiger partial charge >= 0.3 is 0 Å². The van der Waals surface area contributed by atoms with Gasteiger partial charge in [-0.1, -0.05) is 12.1 Å². The van der Waals surface area contributed by atoms with E-state index in [1.165, 1.54) is 0 Å². The molecule has 2 aromatic carbocycles. The van der Waals surface area contributed by atoms with Crippen LogP contribution in [-0.2, 0) is 4.79 Å². The van der Waals surface area contributed by atoms with Crippen molar-refractivity contribution in [3.63, 3.8) is 0 Å². The van der Waals surface area contributed by atoms with E-state index in [-0.39, 0.29) is 17.9 Å². The summed E-state index contributed by atoms with van der Waals surface area (Å²) in [6.45, 7) is 0. The predicted octanol–water partition coefficient (Wildman–Crippen LogP) is 2.89. The molecule has 5 N–H and O–H groups in total. The summed E-state index contributed by atoms with van der Waals surface area (Å²) in [7, 11) is 0. The largest absolute Gasteiger partial charge is 0.457 e. The van der Waals surface area contributed by atoms with E-state index in [0.717, 1.165) is 19.3 Å². The van der Waals surface area contributed by atoms with Gasteiger partial charge in [0.05, 0.1) is 11.5 Å². The smallest absolute Gasteiger partial charge is 0.252 e. The fourth-order valence-corrected chi connectivity index (χ4v) is 4.44. The van der Waals surface area contributed by atoms with Crippen LogP contribution in [0.25, 0.3) is 0 Å². The normalized spacial score (nSPS) is 26.0. The minimum absolute atomic E-state index is 0.00226. The van der Waals surface area contributed by atoms with Crippen LogP contribution in [0, 0.1) is 17.8 Å². The Morgan fingerprint density at radius 1 is 1.00 bits per heavy atom. The highest BCUT2D eigenvalue weighted by Gasteiger charge is 2.49. The van der Waals surface area contributed by atoms with Crippen LogP contribution in [-0.4, -0.2) is 17.9 Å². The van der Waals surface area contributed by atoms with Crippen molar-refractivity contribution in [3.8, 4) is 11.5 Å². The summed E-state index contributed by atoms with van der Waals surface area (Å²) in [5.41, 5.74) is 12.6. The number of hydrogen-bond donors (Lipinski definition) is 3.